The number of rotatable bonds is 5. The summed E-state index contributed by atoms with van der Waals surface area (Å²) in [6.45, 7) is 0.307. The molecule has 1 unspecified atom stereocenters. The molecule has 2 aromatic carbocycles. The van der Waals surface area contributed by atoms with Gasteiger partial charge < -0.3 is 10.1 Å². The highest BCUT2D eigenvalue weighted by Crippen LogP contribution is 2.39. The van der Waals surface area contributed by atoms with Crippen molar-refractivity contribution in [2.24, 2.45) is 0 Å². The van der Waals surface area contributed by atoms with E-state index in [1.165, 1.54) is 18.2 Å². The molecule has 0 saturated heterocycles. The summed E-state index contributed by atoms with van der Waals surface area (Å²) < 4.78 is 19.7. The fraction of sp³-hybridized carbons (Fsp3) is 0.136. The van der Waals surface area contributed by atoms with Gasteiger partial charge in [0.05, 0.1) is 12.1 Å². The molecular formula is C22H17ClFN3O2. The Morgan fingerprint density at radius 2 is 2.03 bits per heavy atom. The molecule has 3 aromatic rings. The first-order valence-corrected chi connectivity index (χ1v) is 9.45. The molecule has 1 amide bonds. The van der Waals surface area contributed by atoms with Crippen molar-refractivity contribution in [1.82, 2.24) is 15.3 Å². The summed E-state index contributed by atoms with van der Waals surface area (Å²) in [7, 11) is 0. The second-order valence-electron chi connectivity index (χ2n) is 6.56. The van der Waals surface area contributed by atoms with E-state index < -0.39 is 0 Å². The van der Waals surface area contributed by atoms with E-state index >= 15 is 0 Å². The van der Waals surface area contributed by atoms with Gasteiger partial charge in [-0.3, -0.25) is 4.79 Å². The summed E-state index contributed by atoms with van der Waals surface area (Å²) in [5.41, 5.74) is 2.02. The van der Waals surface area contributed by atoms with Crippen molar-refractivity contribution in [3.05, 3.63) is 82.9 Å². The number of aromatic nitrogens is 2. The summed E-state index contributed by atoms with van der Waals surface area (Å²) in [5, 5.41) is 3.36. The van der Waals surface area contributed by atoms with Crippen molar-refractivity contribution in [2.75, 3.05) is 6.54 Å². The van der Waals surface area contributed by atoms with E-state index in [9.17, 15) is 9.18 Å². The van der Waals surface area contributed by atoms with Gasteiger partial charge in [-0.1, -0.05) is 29.8 Å². The van der Waals surface area contributed by atoms with Crippen molar-refractivity contribution in [3.8, 4) is 17.1 Å². The minimum atomic E-state index is -0.376. The lowest BCUT2D eigenvalue weighted by atomic mass is 10.1. The number of fused-ring (bicyclic) bond motifs is 1. The zero-order chi connectivity index (χ0) is 20.2. The number of hydrogen-bond donors (Lipinski definition) is 1. The van der Waals surface area contributed by atoms with Gasteiger partial charge in [-0.15, -0.1) is 0 Å². The van der Waals surface area contributed by atoms with Crippen LogP contribution >= 0.6 is 11.6 Å². The van der Waals surface area contributed by atoms with Crippen molar-refractivity contribution in [3.63, 3.8) is 0 Å². The number of amides is 1. The first-order valence-electron chi connectivity index (χ1n) is 9.07. The Balaban J connectivity index is 1.41. The zero-order valence-electron chi connectivity index (χ0n) is 15.3. The van der Waals surface area contributed by atoms with Crippen molar-refractivity contribution < 1.29 is 13.9 Å². The maximum absolute atomic E-state index is 13.6. The minimum absolute atomic E-state index is 0.239. The molecule has 0 bridgehead atoms. The van der Waals surface area contributed by atoms with Crippen LogP contribution in [0.2, 0.25) is 5.02 Å². The molecule has 5 nitrogen and oxygen atoms in total. The van der Waals surface area contributed by atoms with Crippen LogP contribution < -0.4 is 10.1 Å². The van der Waals surface area contributed by atoms with Gasteiger partial charge in [-0.2, -0.15) is 0 Å². The molecule has 146 valence electrons. The number of hydrogen-bond acceptors (Lipinski definition) is 4. The van der Waals surface area contributed by atoms with E-state index in [2.05, 4.69) is 15.3 Å². The average Bonchev–Trinajstić information content (AvgIpc) is 3.14. The van der Waals surface area contributed by atoms with Crippen LogP contribution in [0.15, 0.2) is 60.9 Å². The standard InChI is InChI=1S/C22H17ClFN3O2/c23-16-10-15-11-17(29-21(15)18(12-16)22-25-8-3-9-26-22)13-27-20(28)7-6-14-4-1-2-5-19(14)24/h1-10,12,17H,11,13H2,(H,27,28). The molecule has 1 N–H and O–H groups in total. The van der Waals surface area contributed by atoms with Crippen LogP contribution in [-0.2, 0) is 11.2 Å². The van der Waals surface area contributed by atoms with E-state index in [0.29, 0.717) is 35.1 Å². The lowest BCUT2D eigenvalue weighted by Gasteiger charge is -2.12. The zero-order valence-corrected chi connectivity index (χ0v) is 16.1. The molecule has 7 heteroatoms. The van der Waals surface area contributed by atoms with Gasteiger partial charge in [0.1, 0.15) is 17.7 Å². The third-order valence-corrected chi connectivity index (χ3v) is 4.71. The molecule has 1 aromatic heterocycles. The van der Waals surface area contributed by atoms with Crippen LogP contribution in [0.5, 0.6) is 5.75 Å². The molecule has 0 fully saturated rings. The fourth-order valence-corrected chi connectivity index (χ4v) is 3.40. The highest BCUT2D eigenvalue weighted by molar-refractivity contribution is 6.31. The summed E-state index contributed by atoms with van der Waals surface area (Å²) >= 11 is 6.25. The minimum Gasteiger partial charge on any atom is -0.487 e. The molecule has 1 aliphatic rings. The number of ether oxygens (including phenoxy) is 1. The van der Waals surface area contributed by atoms with Gasteiger partial charge in [0.2, 0.25) is 5.91 Å². The van der Waals surface area contributed by atoms with E-state index in [0.717, 1.165) is 11.1 Å². The highest BCUT2D eigenvalue weighted by atomic mass is 35.5. The molecule has 0 aliphatic carbocycles. The Morgan fingerprint density at radius 1 is 1.24 bits per heavy atom. The average molecular weight is 410 g/mol. The Labute approximate surface area is 172 Å². The molecule has 0 spiro atoms. The predicted octanol–water partition coefficient (Wildman–Crippen LogP) is 4.07. The number of halogens is 2. The topological polar surface area (TPSA) is 64.1 Å². The van der Waals surface area contributed by atoms with Gasteiger partial charge >= 0.3 is 0 Å². The maximum atomic E-state index is 13.6. The maximum Gasteiger partial charge on any atom is 0.244 e. The van der Waals surface area contributed by atoms with E-state index in [1.807, 2.05) is 6.07 Å². The van der Waals surface area contributed by atoms with Crippen LogP contribution in [-0.4, -0.2) is 28.5 Å². The van der Waals surface area contributed by atoms with Gasteiger partial charge in [-0.05, 0) is 30.3 Å². The van der Waals surface area contributed by atoms with Crippen LogP contribution in [0.1, 0.15) is 11.1 Å². The normalized spacial score (nSPS) is 15.2. The highest BCUT2D eigenvalue weighted by Gasteiger charge is 2.27. The summed E-state index contributed by atoms with van der Waals surface area (Å²) in [6.07, 6.45) is 6.43. The number of carbonyl (C=O) groups is 1. The molecule has 2 heterocycles. The smallest absolute Gasteiger partial charge is 0.244 e. The van der Waals surface area contributed by atoms with E-state index in [-0.39, 0.29) is 17.8 Å². The van der Waals surface area contributed by atoms with Gasteiger partial charge in [0.15, 0.2) is 5.82 Å². The van der Waals surface area contributed by atoms with Gasteiger partial charge in [0.25, 0.3) is 0 Å². The molecule has 0 saturated carbocycles. The first-order chi connectivity index (χ1) is 14.1. The molecule has 0 radical (unpaired) electrons. The van der Waals surface area contributed by atoms with E-state index in [1.54, 1.807) is 42.7 Å². The largest absolute Gasteiger partial charge is 0.487 e. The monoisotopic (exact) mass is 409 g/mol. The van der Waals surface area contributed by atoms with Crippen LogP contribution in [0, 0.1) is 5.82 Å². The van der Waals surface area contributed by atoms with Gasteiger partial charge in [-0.25, -0.2) is 14.4 Å². The Bertz CT molecular complexity index is 1070. The van der Waals surface area contributed by atoms with Crippen LogP contribution in [0.4, 0.5) is 4.39 Å². The number of nitrogens with one attached hydrogen (secondary N) is 1. The third-order valence-electron chi connectivity index (χ3n) is 4.49. The predicted molar refractivity (Wildman–Crippen MR) is 109 cm³/mol. The van der Waals surface area contributed by atoms with E-state index in [4.69, 9.17) is 16.3 Å². The lowest BCUT2D eigenvalue weighted by molar-refractivity contribution is -0.116. The SMILES string of the molecule is O=C(C=Cc1ccccc1F)NCC1Cc2cc(Cl)cc(-c3ncccn3)c2O1. The third kappa shape index (κ3) is 4.43. The molecule has 29 heavy (non-hydrogen) atoms. The first kappa shape index (κ1) is 19.1. The lowest BCUT2D eigenvalue weighted by Crippen LogP contribution is -2.33. The summed E-state index contributed by atoms with van der Waals surface area (Å²) in [6, 6.07) is 11.6. The van der Waals surface area contributed by atoms with Gasteiger partial charge in [0, 0.05) is 41.0 Å². The number of benzene rings is 2. The van der Waals surface area contributed by atoms with Crippen molar-refractivity contribution in [1.29, 1.82) is 0 Å². The Kier molecular flexibility index (Phi) is 5.53. The Hall–Kier alpha value is -3.25. The molecule has 1 aliphatic heterocycles. The second-order valence-corrected chi connectivity index (χ2v) is 6.99. The molecular weight excluding hydrogens is 393 g/mol. The fourth-order valence-electron chi connectivity index (χ4n) is 3.16. The quantitative estimate of drug-likeness (QED) is 0.645. The summed E-state index contributed by atoms with van der Waals surface area (Å²) in [4.78, 5) is 20.6. The van der Waals surface area contributed by atoms with Crippen LogP contribution in [0.25, 0.3) is 17.5 Å². The van der Waals surface area contributed by atoms with Crippen LogP contribution in [0.3, 0.4) is 0 Å². The molecule has 4 rings (SSSR count). The Morgan fingerprint density at radius 3 is 2.83 bits per heavy atom. The number of nitrogens with zero attached hydrogens (tertiary/aromatic N) is 2. The second kappa shape index (κ2) is 8.41. The molecule has 1 atom stereocenters. The summed E-state index contributed by atoms with van der Waals surface area (Å²) in [5.74, 6) is 0.515. The van der Waals surface area contributed by atoms with Crippen molar-refractivity contribution in [2.45, 2.75) is 12.5 Å². The van der Waals surface area contributed by atoms with Crippen molar-refractivity contribution >= 4 is 23.6 Å². The number of carbonyl (C=O) groups excluding carboxylic acids is 1.